The van der Waals surface area contributed by atoms with Crippen molar-refractivity contribution in [2.45, 2.75) is 19.1 Å². The van der Waals surface area contributed by atoms with Crippen LogP contribution in [0.2, 0.25) is 0 Å². The third kappa shape index (κ3) is 5.86. The Kier molecular flexibility index (Phi) is 7.33. The molecule has 1 aromatic heterocycles. The van der Waals surface area contributed by atoms with E-state index in [1.807, 2.05) is 37.3 Å². The molecule has 8 heteroatoms. The quantitative estimate of drug-likeness (QED) is 0.233. The number of nitrogens with zero attached hydrogens (tertiary/aromatic N) is 1. The average Bonchev–Trinajstić information content (AvgIpc) is 2.97. The Balaban J connectivity index is 1.32. The lowest BCUT2D eigenvalue weighted by Gasteiger charge is -2.14. The molecular weight excluding hydrogens is 515 g/mol. The Morgan fingerprint density at radius 2 is 1.50 bits per heavy atom. The molecule has 5 nitrogen and oxygen atoms in total. The van der Waals surface area contributed by atoms with Crippen LogP contribution in [0.3, 0.4) is 0 Å². The largest absolute Gasteiger partial charge is 0.416 e. The van der Waals surface area contributed by atoms with Gasteiger partial charge in [0.05, 0.1) is 22.7 Å². The predicted molar refractivity (Wildman–Crippen MR) is 149 cm³/mol. The molecule has 0 radical (unpaired) electrons. The fourth-order valence-corrected chi connectivity index (χ4v) is 4.40. The highest BCUT2D eigenvalue weighted by Crippen LogP contribution is 2.32. The highest BCUT2D eigenvalue weighted by atomic mass is 19.4. The first-order valence-electron chi connectivity index (χ1n) is 12.5. The second-order valence-electron chi connectivity index (χ2n) is 9.31. The number of nitrogens with one attached hydrogen (secondary N) is 2. The van der Waals surface area contributed by atoms with Gasteiger partial charge in [0.1, 0.15) is 0 Å². The van der Waals surface area contributed by atoms with Gasteiger partial charge in [0.15, 0.2) is 0 Å². The Morgan fingerprint density at radius 3 is 2.23 bits per heavy atom. The minimum Gasteiger partial charge on any atom is -0.345 e. The van der Waals surface area contributed by atoms with Crippen molar-refractivity contribution in [3.63, 3.8) is 0 Å². The van der Waals surface area contributed by atoms with Gasteiger partial charge in [-0.25, -0.2) is 0 Å². The summed E-state index contributed by atoms with van der Waals surface area (Å²) in [5.41, 5.74) is 3.04. The van der Waals surface area contributed by atoms with Gasteiger partial charge in [-0.05, 0) is 60.0 Å². The summed E-state index contributed by atoms with van der Waals surface area (Å²) in [6, 6.07) is 27.8. The molecule has 1 unspecified atom stereocenters. The van der Waals surface area contributed by atoms with Crippen LogP contribution < -0.4 is 10.6 Å². The number of amides is 2. The number of carbonyl (C=O) groups excluding carboxylic acids is 2. The van der Waals surface area contributed by atoms with Crippen LogP contribution in [0.1, 0.15) is 44.8 Å². The van der Waals surface area contributed by atoms with Crippen molar-refractivity contribution in [2.24, 2.45) is 0 Å². The van der Waals surface area contributed by atoms with Crippen LogP contribution in [0.5, 0.6) is 0 Å². The van der Waals surface area contributed by atoms with Gasteiger partial charge in [0, 0.05) is 22.8 Å². The molecule has 2 N–H and O–H groups in total. The van der Waals surface area contributed by atoms with Crippen LogP contribution in [-0.4, -0.2) is 16.8 Å². The van der Waals surface area contributed by atoms with E-state index in [9.17, 15) is 22.8 Å². The van der Waals surface area contributed by atoms with Gasteiger partial charge in [-0.2, -0.15) is 13.2 Å². The zero-order valence-corrected chi connectivity index (χ0v) is 21.4. The van der Waals surface area contributed by atoms with E-state index < -0.39 is 17.6 Å². The maximum absolute atomic E-state index is 13.2. The van der Waals surface area contributed by atoms with E-state index in [-0.39, 0.29) is 11.9 Å². The van der Waals surface area contributed by atoms with Crippen LogP contribution >= 0.6 is 0 Å². The molecule has 200 valence electrons. The standard InChI is InChI=1S/C32H24F3N3O2/c1-20(21-7-3-2-4-8-21)37-30(39)24-17-23-13-16-26(18-29(23)36-19-24)38-31(40)28-10-6-5-9-27(28)22-11-14-25(15-12-22)32(33,34)35/h2-20H,1H3,(H,37,39)(H,38,40). The van der Waals surface area contributed by atoms with Crippen LogP contribution in [0, 0.1) is 0 Å². The summed E-state index contributed by atoms with van der Waals surface area (Å²) in [5.74, 6) is -0.663. The number of hydrogen-bond donors (Lipinski definition) is 2. The Labute approximate surface area is 228 Å². The van der Waals surface area contributed by atoms with Gasteiger partial charge in [-0.1, -0.05) is 66.7 Å². The topological polar surface area (TPSA) is 71.1 Å². The van der Waals surface area contributed by atoms with E-state index in [0.717, 1.165) is 23.1 Å². The first-order chi connectivity index (χ1) is 19.2. The van der Waals surface area contributed by atoms with E-state index >= 15 is 0 Å². The van der Waals surface area contributed by atoms with Crippen LogP contribution in [-0.2, 0) is 6.18 Å². The van der Waals surface area contributed by atoms with Crippen molar-refractivity contribution in [3.05, 3.63) is 132 Å². The first-order valence-corrected chi connectivity index (χ1v) is 12.5. The summed E-state index contributed by atoms with van der Waals surface area (Å²) in [6.07, 6.45) is -2.95. The lowest BCUT2D eigenvalue weighted by atomic mass is 9.98. The highest BCUT2D eigenvalue weighted by Gasteiger charge is 2.30. The van der Waals surface area contributed by atoms with Crippen molar-refractivity contribution in [1.82, 2.24) is 10.3 Å². The van der Waals surface area contributed by atoms with Crippen LogP contribution in [0.25, 0.3) is 22.0 Å². The monoisotopic (exact) mass is 539 g/mol. The number of halogens is 3. The van der Waals surface area contributed by atoms with E-state index in [1.54, 1.807) is 48.5 Å². The number of pyridine rings is 1. The van der Waals surface area contributed by atoms with Crippen LogP contribution in [0.4, 0.5) is 18.9 Å². The number of carbonyl (C=O) groups is 2. The molecule has 0 saturated carbocycles. The maximum Gasteiger partial charge on any atom is 0.416 e. The molecule has 0 fully saturated rings. The molecule has 4 aromatic carbocycles. The minimum atomic E-state index is -4.44. The van der Waals surface area contributed by atoms with Crippen molar-refractivity contribution >= 4 is 28.4 Å². The molecule has 1 heterocycles. The van der Waals surface area contributed by atoms with Gasteiger partial charge >= 0.3 is 6.18 Å². The molecule has 0 spiro atoms. The number of alkyl halides is 3. The molecule has 0 saturated heterocycles. The van der Waals surface area contributed by atoms with Gasteiger partial charge in [-0.3, -0.25) is 14.6 Å². The normalized spacial score (nSPS) is 12.1. The number of benzene rings is 4. The fraction of sp³-hybridized carbons (Fsp3) is 0.0938. The fourth-order valence-electron chi connectivity index (χ4n) is 4.40. The first kappa shape index (κ1) is 26.6. The zero-order chi connectivity index (χ0) is 28.3. The highest BCUT2D eigenvalue weighted by molar-refractivity contribution is 6.09. The van der Waals surface area contributed by atoms with Crippen molar-refractivity contribution in [3.8, 4) is 11.1 Å². The Morgan fingerprint density at radius 1 is 0.800 bits per heavy atom. The van der Waals surface area contributed by atoms with Crippen molar-refractivity contribution in [2.75, 3.05) is 5.32 Å². The second kappa shape index (κ2) is 11.0. The summed E-state index contributed by atoms with van der Waals surface area (Å²) < 4.78 is 38.9. The maximum atomic E-state index is 13.2. The molecule has 40 heavy (non-hydrogen) atoms. The lowest BCUT2D eigenvalue weighted by molar-refractivity contribution is -0.137. The molecule has 0 aliphatic heterocycles. The number of aromatic nitrogens is 1. The summed E-state index contributed by atoms with van der Waals surface area (Å²) in [7, 11) is 0. The van der Waals surface area contributed by atoms with Crippen LogP contribution in [0.15, 0.2) is 109 Å². The number of rotatable bonds is 6. The second-order valence-corrected chi connectivity index (χ2v) is 9.31. The smallest absolute Gasteiger partial charge is 0.345 e. The summed E-state index contributed by atoms with van der Waals surface area (Å²) in [5, 5.41) is 6.54. The molecule has 2 amide bonds. The third-order valence-electron chi connectivity index (χ3n) is 6.55. The Bertz CT molecular complexity index is 1680. The van der Waals surface area contributed by atoms with Gasteiger partial charge in [-0.15, -0.1) is 0 Å². The molecule has 1 atom stereocenters. The summed E-state index contributed by atoms with van der Waals surface area (Å²) in [4.78, 5) is 30.4. The predicted octanol–water partition coefficient (Wildman–Crippen LogP) is 7.66. The summed E-state index contributed by atoms with van der Waals surface area (Å²) in [6.45, 7) is 1.91. The third-order valence-corrected chi connectivity index (χ3v) is 6.55. The molecule has 5 aromatic rings. The van der Waals surface area contributed by atoms with Gasteiger partial charge in [0.25, 0.3) is 11.8 Å². The number of anilines is 1. The SMILES string of the molecule is CC(NC(=O)c1cnc2cc(NC(=O)c3ccccc3-c3ccc(C(F)(F)F)cc3)ccc2c1)c1ccccc1. The van der Waals surface area contributed by atoms with Gasteiger partial charge in [0.2, 0.25) is 0 Å². The molecule has 0 aliphatic rings. The van der Waals surface area contributed by atoms with Crippen molar-refractivity contribution in [1.29, 1.82) is 0 Å². The van der Waals surface area contributed by atoms with Crippen molar-refractivity contribution < 1.29 is 22.8 Å². The molecule has 0 bridgehead atoms. The van der Waals surface area contributed by atoms with E-state index in [0.29, 0.717) is 33.5 Å². The summed E-state index contributed by atoms with van der Waals surface area (Å²) >= 11 is 0. The Hall–Kier alpha value is -4.98. The lowest BCUT2D eigenvalue weighted by Crippen LogP contribution is -2.26. The van der Waals surface area contributed by atoms with E-state index in [1.165, 1.54) is 18.3 Å². The van der Waals surface area contributed by atoms with Gasteiger partial charge < -0.3 is 10.6 Å². The average molecular weight is 540 g/mol. The molecule has 0 aliphatic carbocycles. The minimum absolute atomic E-state index is 0.174. The molecular formula is C32H24F3N3O2. The van der Waals surface area contributed by atoms with E-state index in [4.69, 9.17) is 0 Å². The zero-order valence-electron chi connectivity index (χ0n) is 21.4. The van der Waals surface area contributed by atoms with E-state index in [2.05, 4.69) is 15.6 Å². The number of hydrogen-bond acceptors (Lipinski definition) is 3. The molecule has 5 rings (SSSR count). The number of fused-ring (bicyclic) bond motifs is 1.